The van der Waals surface area contributed by atoms with Gasteiger partial charge in [-0.15, -0.1) is 0 Å². The molecule has 0 heterocycles. The summed E-state index contributed by atoms with van der Waals surface area (Å²) >= 11 is 3.53. The van der Waals surface area contributed by atoms with E-state index in [2.05, 4.69) is 76.7 Å². The second-order valence-corrected chi connectivity index (χ2v) is 7.50. The van der Waals surface area contributed by atoms with Crippen molar-refractivity contribution in [3.05, 3.63) is 53.0 Å². The molecule has 2 bridgehead atoms. The molecular weight excluding hydrogens is 322 g/mol. The fourth-order valence-electron chi connectivity index (χ4n) is 4.07. The van der Waals surface area contributed by atoms with E-state index < -0.39 is 0 Å². The molecule has 2 aliphatic rings. The molecule has 1 nitrogen and oxygen atoms in total. The Bertz CT molecular complexity index is 706. The summed E-state index contributed by atoms with van der Waals surface area (Å²) in [7, 11) is 0. The number of benzene rings is 2. The molecule has 4 atom stereocenters. The van der Waals surface area contributed by atoms with Crippen LogP contribution in [-0.2, 0) is 0 Å². The molecule has 2 heteroatoms. The van der Waals surface area contributed by atoms with E-state index in [0.717, 1.165) is 22.2 Å². The van der Waals surface area contributed by atoms with E-state index in [1.807, 2.05) is 0 Å². The number of halogens is 1. The number of hydrogen-bond donors (Lipinski definition) is 1. The molecule has 0 radical (unpaired) electrons. The largest absolute Gasteiger partial charge is 0.382 e. The van der Waals surface area contributed by atoms with E-state index in [-0.39, 0.29) is 0 Å². The van der Waals surface area contributed by atoms with Crippen LogP contribution >= 0.6 is 15.9 Å². The van der Waals surface area contributed by atoms with Crippen molar-refractivity contribution >= 4 is 32.4 Å². The third kappa shape index (κ3) is 2.50. The summed E-state index contributed by atoms with van der Waals surface area (Å²) < 4.78 is 1.14. The third-order valence-electron chi connectivity index (χ3n) is 5.17. The number of rotatable bonds is 3. The summed E-state index contributed by atoms with van der Waals surface area (Å²) in [5.74, 6) is 2.44. The highest BCUT2D eigenvalue weighted by atomic mass is 79.9. The lowest BCUT2D eigenvalue weighted by atomic mass is 9.87. The Morgan fingerprint density at radius 3 is 2.62 bits per heavy atom. The van der Waals surface area contributed by atoms with Crippen LogP contribution in [0.3, 0.4) is 0 Å². The Hall–Kier alpha value is -1.28. The number of fused-ring (bicyclic) bond motifs is 3. The van der Waals surface area contributed by atoms with Crippen molar-refractivity contribution in [2.45, 2.75) is 25.8 Å². The zero-order valence-corrected chi connectivity index (χ0v) is 13.8. The second kappa shape index (κ2) is 5.17. The predicted molar refractivity (Wildman–Crippen MR) is 93.6 cm³/mol. The van der Waals surface area contributed by atoms with Crippen LogP contribution < -0.4 is 5.32 Å². The molecule has 0 amide bonds. The number of allylic oxidation sites excluding steroid dienone is 2. The van der Waals surface area contributed by atoms with Crippen LogP contribution in [0.15, 0.2) is 53.0 Å². The summed E-state index contributed by atoms with van der Waals surface area (Å²) in [5.41, 5.74) is 1.24. The first-order chi connectivity index (χ1) is 10.2. The van der Waals surface area contributed by atoms with Gasteiger partial charge in [0.15, 0.2) is 0 Å². The number of hydrogen-bond acceptors (Lipinski definition) is 1. The molecule has 1 saturated carbocycles. The SMILES string of the molecule is CC(Nc1ccc2cc(Br)ccc2c1)C1CC2C=CC1C2. The lowest BCUT2D eigenvalue weighted by Gasteiger charge is -2.27. The summed E-state index contributed by atoms with van der Waals surface area (Å²) in [6.45, 7) is 2.34. The molecule has 2 aromatic rings. The number of anilines is 1. The van der Waals surface area contributed by atoms with Crippen LogP contribution in [0, 0.1) is 17.8 Å². The van der Waals surface area contributed by atoms with Gasteiger partial charge in [-0.3, -0.25) is 0 Å². The molecule has 1 N–H and O–H groups in total. The van der Waals surface area contributed by atoms with Gasteiger partial charge in [0.05, 0.1) is 0 Å². The first kappa shape index (κ1) is 13.4. The van der Waals surface area contributed by atoms with Crippen molar-refractivity contribution < 1.29 is 0 Å². The minimum Gasteiger partial charge on any atom is -0.382 e. The molecule has 2 aromatic carbocycles. The maximum Gasteiger partial charge on any atom is 0.0348 e. The van der Waals surface area contributed by atoms with Gasteiger partial charge >= 0.3 is 0 Å². The van der Waals surface area contributed by atoms with Gasteiger partial charge in [0, 0.05) is 16.2 Å². The lowest BCUT2D eigenvalue weighted by molar-refractivity contribution is 0.400. The molecule has 0 saturated heterocycles. The van der Waals surface area contributed by atoms with Gasteiger partial charge in [-0.2, -0.15) is 0 Å². The topological polar surface area (TPSA) is 12.0 Å². The average Bonchev–Trinajstić information content (AvgIpc) is 3.10. The van der Waals surface area contributed by atoms with Crippen LogP contribution in [0.4, 0.5) is 5.69 Å². The Morgan fingerprint density at radius 1 is 1.05 bits per heavy atom. The van der Waals surface area contributed by atoms with Crippen LogP contribution in [0.2, 0.25) is 0 Å². The normalized spacial score (nSPS) is 28.2. The molecule has 0 spiro atoms. The van der Waals surface area contributed by atoms with Crippen molar-refractivity contribution in [1.82, 2.24) is 0 Å². The summed E-state index contributed by atoms with van der Waals surface area (Å²) in [6.07, 6.45) is 7.59. The van der Waals surface area contributed by atoms with Gasteiger partial charge in [-0.1, -0.05) is 40.2 Å². The van der Waals surface area contributed by atoms with Gasteiger partial charge in [-0.25, -0.2) is 0 Å². The van der Waals surface area contributed by atoms with Gasteiger partial charge in [-0.05, 0) is 72.6 Å². The van der Waals surface area contributed by atoms with E-state index in [0.29, 0.717) is 6.04 Å². The zero-order valence-electron chi connectivity index (χ0n) is 12.2. The third-order valence-corrected chi connectivity index (χ3v) is 5.66. The van der Waals surface area contributed by atoms with E-state index >= 15 is 0 Å². The molecule has 0 aliphatic heterocycles. The van der Waals surface area contributed by atoms with Crippen LogP contribution in [0.1, 0.15) is 19.8 Å². The minimum atomic E-state index is 0.540. The van der Waals surface area contributed by atoms with Crippen molar-refractivity contribution in [2.24, 2.45) is 17.8 Å². The molecule has 0 aromatic heterocycles. The molecule has 1 fully saturated rings. The monoisotopic (exact) mass is 341 g/mol. The van der Waals surface area contributed by atoms with Crippen LogP contribution in [0.5, 0.6) is 0 Å². The van der Waals surface area contributed by atoms with Gasteiger partial charge in [0.25, 0.3) is 0 Å². The second-order valence-electron chi connectivity index (χ2n) is 6.58. The van der Waals surface area contributed by atoms with Crippen LogP contribution in [0.25, 0.3) is 10.8 Å². The molecule has 4 unspecified atom stereocenters. The van der Waals surface area contributed by atoms with Gasteiger partial charge in [0.1, 0.15) is 0 Å². The highest BCUT2D eigenvalue weighted by Gasteiger charge is 2.38. The Labute approximate surface area is 134 Å². The molecule has 4 rings (SSSR count). The van der Waals surface area contributed by atoms with Crippen LogP contribution in [-0.4, -0.2) is 6.04 Å². The fraction of sp³-hybridized carbons (Fsp3) is 0.368. The van der Waals surface area contributed by atoms with Crippen molar-refractivity contribution in [3.8, 4) is 0 Å². The van der Waals surface area contributed by atoms with Gasteiger partial charge < -0.3 is 5.32 Å². The standard InChI is InChI=1S/C19H20BrN/c1-12(19-9-13-2-3-16(19)8-13)21-18-7-5-14-10-17(20)6-4-15(14)11-18/h2-7,10-13,16,19,21H,8-9H2,1H3. The predicted octanol–water partition coefficient (Wildman–Crippen LogP) is 5.61. The van der Waals surface area contributed by atoms with Crippen molar-refractivity contribution in [1.29, 1.82) is 0 Å². The van der Waals surface area contributed by atoms with Crippen molar-refractivity contribution in [2.75, 3.05) is 5.32 Å². The van der Waals surface area contributed by atoms with E-state index in [9.17, 15) is 0 Å². The first-order valence-electron chi connectivity index (χ1n) is 7.83. The Kier molecular flexibility index (Phi) is 3.30. The Morgan fingerprint density at radius 2 is 1.86 bits per heavy atom. The maximum absolute atomic E-state index is 3.73. The molecule has 2 aliphatic carbocycles. The zero-order chi connectivity index (χ0) is 14.4. The van der Waals surface area contributed by atoms with Gasteiger partial charge in [0.2, 0.25) is 0 Å². The smallest absolute Gasteiger partial charge is 0.0348 e. The maximum atomic E-state index is 3.73. The minimum absolute atomic E-state index is 0.540. The average molecular weight is 342 g/mol. The molecule has 21 heavy (non-hydrogen) atoms. The van der Waals surface area contributed by atoms with Crippen molar-refractivity contribution in [3.63, 3.8) is 0 Å². The van der Waals surface area contributed by atoms with E-state index in [4.69, 9.17) is 0 Å². The fourth-order valence-corrected chi connectivity index (χ4v) is 4.45. The highest BCUT2D eigenvalue weighted by Crippen LogP contribution is 2.45. The molecule has 108 valence electrons. The highest BCUT2D eigenvalue weighted by molar-refractivity contribution is 9.10. The number of nitrogens with one attached hydrogen (secondary N) is 1. The quantitative estimate of drug-likeness (QED) is 0.715. The van der Waals surface area contributed by atoms with E-state index in [1.54, 1.807) is 0 Å². The van der Waals surface area contributed by atoms with E-state index in [1.165, 1.54) is 29.3 Å². The molecular formula is C19H20BrN. The summed E-state index contributed by atoms with van der Waals surface area (Å²) in [6, 6.07) is 13.7. The Balaban J connectivity index is 1.54. The summed E-state index contributed by atoms with van der Waals surface area (Å²) in [4.78, 5) is 0. The lowest BCUT2D eigenvalue weighted by Crippen LogP contribution is -2.28. The summed E-state index contributed by atoms with van der Waals surface area (Å²) in [5, 5.41) is 6.31. The first-order valence-corrected chi connectivity index (χ1v) is 8.62.